The minimum atomic E-state index is -1.10. The van der Waals surface area contributed by atoms with Gasteiger partial charge in [0.05, 0.1) is 86.0 Å². The molecule has 2 aliphatic heterocycles. The lowest BCUT2D eigenvalue weighted by atomic mass is 9.33. The first-order valence-electron chi connectivity index (χ1n) is 51.2. The molecule has 20 aromatic carbocycles. The molecule has 4 aromatic heterocycles. The highest BCUT2D eigenvalue weighted by atomic mass is 15.2. The molecule has 0 N–H and O–H groups in total. The first-order valence-corrected chi connectivity index (χ1v) is 42.2. The van der Waals surface area contributed by atoms with Gasteiger partial charge in [0, 0.05) is 88.1 Å². The number of benzene rings is 20. The standard InChI is InChI=1S/C120H76BN5/c1-10-32-77(33-11-1)86-56-65-106-98(70-86)99-71-87(78-34-12-2-13-35-78)57-66-107(99)122(106)91-61-63-103-111(75-91)125(116-93(82-42-20-6-21-43-82)51-30-52-94(116)83-44-22-7-23-45-83)119-113-97-50-28-29-55-105(97)124-110-69-60-90(81-40-18-5-19-41-81)74-102(110)114(118(113)124)120-115(119)121(103)104-64-62-92(76-112(104)126(120)117-95(84-46-24-8-25-47-84)53-31-54-96(117)85-48-26-9-27-49-85)123-108-67-58-88(79-36-14-3-15-37-79)72-100(108)101-73-89(59-68-109(101)123)80-38-16-4-17-39-80/h1-76H/i30D,31D,51D,52D,53D,54D,56D,57D,58D,59D,65D,66D,67D,68D,70D,71D,72D,73D. The van der Waals surface area contributed by atoms with Gasteiger partial charge in [-0.2, -0.15) is 0 Å². The van der Waals surface area contributed by atoms with Crippen molar-refractivity contribution in [3.8, 4) is 112 Å². The Morgan fingerprint density at radius 3 is 0.865 bits per heavy atom. The summed E-state index contributed by atoms with van der Waals surface area (Å²) >= 11 is 0. The third-order valence-corrected chi connectivity index (χ3v) is 25.3. The third-order valence-electron chi connectivity index (χ3n) is 25.3. The number of hydrogen-bond donors (Lipinski definition) is 0. The van der Waals surface area contributed by atoms with Crippen LogP contribution in [0.25, 0.3) is 193 Å². The van der Waals surface area contributed by atoms with Crippen molar-refractivity contribution in [2.45, 2.75) is 0 Å². The van der Waals surface area contributed by atoms with Gasteiger partial charge in [-0.25, -0.2) is 0 Å². The van der Waals surface area contributed by atoms with Gasteiger partial charge in [0.2, 0.25) is 0 Å². The van der Waals surface area contributed by atoms with Gasteiger partial charge in [-0.05, 0) is 185 Å². The number of para-hydroxylation sites is 3. The third kappa shape index (κ3) is 11.0. The van der Waals surface area contributed by atoms with E-state index < -0.39 is 6.71 Å². The summed E-state index contributed by atoms with van der Waals surface area (Å²) in [7, 11) is 0. The minimum absolute atomic E-state index is 0.00868. The molecule has 0 unspecified atom stereocenters. The number of rotatable bonds is 13. The van der Waals surface area contributed by atoms with Crippen LogP contribution in [-0.2, 0) is 0 Å². The van der Waals surface area contributed by atoms with Crippen LogP contribution in [0.4, 0.5) is 34.1 Å². The van der Waals surface area contributed by atoms with Gasteiger partial charge in [0.15, 0.2) is 0 Å². The van der Waals surface area contributed by atoms with Gasteiger partial charge in [-0.15, -0.1) is 0 Å². The maximum Gasteiger partial charge on any atom is 0.252 e. The van der Waals surface area contributed by atoms with Crippen molar-refractivity contribution >= 4 is 139 Å². The van der Waals surface area contributed by atoms with E-state index in [-0.39, 0.29) is 220 Å². The molecule has 0 fully saturated rings. The Kier molecular flexibility index (Phi) is 12.6. The molecule has 0 saturated carbocycles. The smallest absolute Gasteiger partial charge is 0.252 e. The van der Waals surface area contributed by atoms with Crippen LogP contribution in [0.1, 0.15) is 24.7 Å². The average Bonchev–Trinajstić information content (AvgIpc) is 1.45. The fourth-order valence-corrected chi connectivity index (χ4v) is 19.8. The molecule has 0 bridgehead atoms. The Morgan fingerprint density at radius 2 is 0.516 bits per heavy atom. The minimum Gasteiger partial charge on any atom is -0.309 e. The molecule has 5 nitrogen and oxygen atoms in total. The summed E-state index contributed by atoms with van der Waals surface area (Å²) in [6.07, 6.45) is 0. The Bertz CT molecular complexity index is 9290. The van der Waals surface area contributed by atoms with E-state index in [0.717, 1.165) is 32.9 Å². The lowest BCUT2D eigenvalue weighted by molar-refractivity contribution is 1.17. The highest BCUT2D eigenvalue weighted by Gasteiger charge is 2.49. The normalized spacial score (nSPS) is 14.4. The number of nitrogens with zero attached hydrogens (tertiary/aromatic N) is 5. The molecule has 0 saturated heterocycles. The molecule has 0 spiro atoms. The average molecular weight is 1620 g/mol. The van der Waals surface area contributed by atoms with Crippen molar-refractivity contribution in [3.05, 3.63) is 461 Å². The monoisotopic (exact) mass is 1620 g/mol. The van der Waals surface area contributed by atoms with Crippen LogP contribution in [0.5, 0.6) is 0 Å². The van der Waals surface area contributed by atoms with Crippen molar-refractivity contribution in [1.82, 2.24) is 13.5 Å². The number of fused-ring (bicyclic) bond motifs is 18. The van der Waals surface area contributed by atoms with E-state index in [1.165, 1.54) is 0 Å². The number of hydrogen-bond acceptors (Lipinski definition) is 2. The zero-order valence-electron chi connectivity index (χ0n) is 85.3. The summed E-state index contributed by atoms with van der Waals surface area (Å²) in [5.74, 6) is 0. The van der Waals surface area contributed by atoms with Crippen LogP contribution in [0.15, 0.2) is 461 Å². The molecule has 0 amide bonds. The van der Waals surface area contributed by atoms with Crippen LogP contribution < -0.4 is 26.2 Å². The predicted molar refractivity (Wildman–Crippen MR) is 533 cm³/mol. The van der Waals surface area contributed by atoms with Gasteiger partial charge in [-0.3, -0.25) is 0 Å². The molecular weight excluding hydrogens is 1520 g/mol. The molecule has 584 valence electrons. The maximum atomic E-state index is 10.9. The second-order valence-electron chi connectivity index (χ2n) is 32.2. The van der Waals surface area contributed by atoms with Gasteiger partial charge in [0.1, 0.15) is 0 Å². The molecule has 0 aliphatic carbocycles. The fraction of sp³-hybridized carbons (Fsp3) is 0. The lowest BCUT2D eigenvalue weighted by Gasteiger charge is -2.46. The molecule has 24 aromatic rings. The van der Waals surface area contributed by atoms with Crippen LogP contribution in [-0.4, -0.2) is 20.2 Å². The van der Waals surface area contributed by atoms with E-state index in [2.05, 4.69) is 56.7 Å². The molecule has 0 radical (unpaired) electrons. The van der Waals surface area contributed by atoms with Crippen molar-refractivity contribution in [2.24, 2.45) is 0 Å². The van der Waals surface area contributed by atoms with Crippen molar-refractivity contribution in [2.75, 3.05) is 9.80 Å². The van der Waals surface area contributed by atoms with Gasteiger partial charge >= 0.3 is 0 Å². The van der Waals surface area contributed by atoms with E-state index in [1.54, 1.807) is 106 Å². The summed E-state index contributed by atoms with van der Waals surface area (Å²) in [4.78, 5) is 4.25. The first-order chi connectivity index (χ1) is 70.1. The molecule has 6 heteroatoms. The Labute approximate surface area is 755 Å². The van der Waals surface area contributed by atoms with Crippen LogP contribution in [0.2, 0.25) is 0 Å². The van der Waals surface area contributed by atoms with Gasteiger partial charge < -0.3 is 23.3 Å². The molecule has 0 atom stereocenters. The number of anilines is 6. The quantitative estimate of drug-likeness (QED) is 0.107. The lowest BCUT2D eigenvalue weighted by Crippen LogP contribution is -2.61. The first kappa shape index (κ1) is 55.4. The molecule has 126 heavy (non-hydrogen) atoms. The van der Waals surface area contributed by atoms with Crippen molar-refractivity contribution in [1.29, 1.82) is 0 Å². The highest BCUT2D eigenvalue weighted by molar-refractivity contribution is 7.01. The van der Waals surface area contributed by atoms with Crippen molar-refractivity contribution < 1.29 is 24.7 Å². The summed E-state index contributed by atoms with van der Waals surface area (Å²) in [5.41, 5.74) is 13.4. The van der Waals surface area contributed by atoms with Crippen LogP contribution in [0.3, 0.4) is 0 Å². The van der Waals surface area contributed by atoms with E-state index in [1.807, 2.05) is 212 Å². The largest absolute Gasteiger partial charge is 0.309 e. The van der Waals surface area contributed by atoms with E-state index in [0.29, 0.717) is 99.9 Å². The van der Waals surface area contributed by atoms with Gasteiger partial charge in [-0.1, -0.05) is 370 Å². The van der Waals surface area contributed by atoms with Gasteiger partial charge in [0.25, 0.3) is 6.71 Å². The Morgan fingerprint density at radius 1 is 0.214 bits per heavy atom. The summed E-state index contributed by atoms with van der Waals surface area (Å²) in [6.45, 7) is -1.10. The molecule has 2 aliphatic rings. The van der Waals surface area contributed by atoms with Crippen LogP contribution >= 0.6 is 0 Å². The second-order valence-corrected chi connectivity index (χ2v) is 32.2. The van der Waals surface area contributed by atoms with E-state index in [9.17, 15) is 24.7 Å². The second kappa shape index (κ2) is 28.5. The summed E-state index contributed by atoms with van der Waals surface area (Å²) in [6, 6.07) is 104. The Hall–Kier alpha value is -16.5. The fourth-order valence-electron chi connectivity index (χ4n) is 19.8. The van der Waals surface area contributed by atoms with E-state index in [4.69, 9.17) is 0 Å². The SMILES string of the molecule is [2H]c1c([2H])c(-c2ccccc2)c(N2c3cc(-n4c5c([2H])c([2H])c(-c6ccccc6)c([2H])c5c5c([2H])c(-c6ccccc6)c([2H])c([2H])c54)ccc3B3c4ccc(-n5c6c([2H])c([2H])c(-c7ccccc7)c([2H])c6c6c([2H])c(-c7ccccc7)c([2H])c([2H])c65)cc4N(c4c(-c5ccccc5)c([2H])c([2H])c([2H])c4-c4ccccc4)c4c3c2c2c3ccccc3n3c5ccc(-c6ccccc6)cc5c4c23)c(-c2ccccc2)c1[2H]. The molecule has 26 rings (SSSR count). The molecular formula is C120H76BN5. The van der Waals surface area contributed by atoms with Crippen LogP contribution in [0, 0.1) is 0 Å². The topological polar surface area (TPSA) is 20.8 Å². The zero-order valence-corrected chi connectivity index (χ0v) is 67.3. The van der Waals surface area contributed by atoms with Crippen molar-refractivity contribution in [3.63, 3.8) is 0 Å². The maximum absolute atomic E-state index is 10.9. The zero-order chi connectivity index (χ0) is 98.3. The summed E-state index contributed by atoms with van der Waals surface area (Å²) in [5, 5.41) is 3.11. The Balaban J connectivity index is 0.916. The highest BCUT2D eigenvalue weighted by Crippen LogP contribution is 2.60. The predicted octanol–water partition coefficient (Wildman–Crippen LogP) is 30.1. The number of aromatic nitrogens is 3. The van der Waals surface area contributed by atoms with E-state index >= 15 is 0 Å². The summed E-state index contributed by atoms with van der Waals surface area (Å²) < 4.78 is 197. The molecule has 6 heterocycles.